The van der Waals surface area contributed by atoms with Crippen LogP contribution in [-0.2, 0) is 10.0 Å². The van der Waals surface area contributed by atoms with Gasteiger partial charge >= 0.3 is 5.69 Å². The topological polar surface area (TPSA) is 131 Å². The van der Waals surface area contributed by atoms with E-state index in [1.54, 1.807) is 18.2 Å². The van der Waals surface area contributed by atoms with Crippen LogP contribution in [0.15, 0.2) is 53.7 Å². The SMILES string of the molecule is N#CC1CCCC(Nc2c([N+](=O)[O-])cnc3c2ccn3S(=O)(=O)c2ccccc2)C1. The molecule has 10 heteroatoms. The van der Waals surface area contributed by atoms with Gasteiger partial charge < -0.3 is 5.32 Å². The van der Waals surface area contributed by atoms with E-state index in [-0.39, 0.29) is 33.9 Å². The smallest absolute Gasteiger partial charge is 0.311 e. The van der Waals surface area contributed by atoms with Crippen molar-refractivity contribution in [1.29, 1.82) is 5.26 Å². The van der Waals surface area contributed by atoms with E-state index in [2.05, 4.69) is 16.4 Å². The molecule has 0 amide bonds. The molecule has 2 aromatic heterocycles. The molecule has 9 nitrogen and oxygen atoms in total. The molecule has 0 saturated heterocycles. The van der Waals surface area contributed by atoms with Gasteiger partial charge in [0, 0.05) is 18.2 Å². The van der Waals surface area contributed by atoms with Gasteiger partial charge in [0.05, 0.1) is 21.3 Å². The highest BCUT2D eigenvalue weighted by atomic mass is 32.2. The molecule has 3 aromatic rings. The van der Waals surface area contributed by atoms with Crippen molar-refractivity contribution in [1.82, 2.24) is 8.96 Å². The van der Waals surface area contributed by atoms with Gasteiger partial charge in [-0.25, -0.2) is 17.4 Å². The lowest BCUT2D eigenvalue weighted by atomic mass is 9.86. The van der Waals surface area contributed by atoms with E-state index in [1.165, 1.54) is 24.4 Å². The van der Waals surface area contributed by atoms with E-state index < -0.39 is 14.9 Å². The number of nitrogens with one attached hydrogen (secondary N) is 1. The molecular weight excluding hydrogens is 406 g/mol. The first-order valence-corrected chi connectivity index (χ1v) is 11.0. The average molecular weight is 425 g/mol. The van der Waals surface area contributed by atoms with Crippen LogP contribution >= 0.6 is 0 Å². The van der Waals surface area contributed by atoms with Gasteiger partial charge in [-0.1, -0.05) is 24.6 Å². The number of rotatable bonds is 5. The van der Waals surface area contributed by atoms with Crippen molar-refractivity contribution in [3.8, 4) is 6.07 Å². The molecule has 0 spiro atoms. The van der Waals surface area contributed by atoms with Crippen molar-refractivity contribution < 1.29 is 13.3 Å². The number of fused-ring (bicyclic) bond motifs is 1. The highest BCUT2D eigenvalue weighted by molar-refractivity contribution is 7.90. The maximum absolute atomic E-state index is 13.0. The molecule has 1 aliphatic rings. The average Bonchev–Trinajstić information content (AvgIpc) is 3.20. The van der Waals surface area contributed by atoms with E-state index in [1.807, 2.05) is 0 Å². The molecule has 0 aliphatic heterocycles. The number of pyridine rings is 1. The van der Waals surface area contributed by atoms with Crippen LogP contribution in [-0.4, -0.2) is 28.3 Å². The molecule has 1 fully saturated rings. The Labute approximate surface area is 173 Å². The van der Waals surface area contributed by atoms with Gasteiger partial charge in [-0.2, -0.15) is 5.26 Å². The number of benzene rings is 1. The van der Waals surface area contributed by atoms with Crippen LogP contribution in [0.4, 0.5) is 11.4 Å². The number of aromatic nitrogens is 2. The summed E-state index contributed by atoms with van der Waals surface area (Å²) in [7, 11) is -3.90. The Hall–Kier alpha value is -3.45. The van der Waals surface area contributed by atoms with Crippen LogP contribution in [0.3, 0.4) is 0 Å². The molecule has 1 saturated carbocycles. The van der Waals surface area contributed by atoms with Crippen LogP contribution in [0.25, 0.3) is 11.0 Å². The Morgan fingerprint density at radius 2 is 2.00 bits per heavy atom. The van der Waals surface area contributed by atoms with Crippen molar-refractivity contribution in [3.63, 3.8) is 0 Å². The predicted octanol–water partition coefficient (Wildman–Crippen LogP) is 3.68. The fourth-order valence-electron chi connectivity index (χ4n) is 3.88. The van der Waals surface area contributed by atoms with Crippen LogP contribution in [0.5, 0.6) is 0 Å². The second-order valence-corrected chi connectivity index (χ2v) is 9.09. The number of anilines is 1. The number of hydrogen-bond donors (Lipinski definition) is 1. The lowest BCUT2D eigenvalue weighted by Gasteiger charge is -2.27. The van der Waals surface area contributed by atoms with Gasteiger partial charge in [-0.15, -0.1) is 0 Å². The van der Waals surface area contributed by atoms with Gasteiger partial charge in [0.1, 0.15) is 11.9 Å². The van der Waals surface area contributed by atoms with Crippen LogP contribution in [0.2, 0.25) is 0 Å². The molecule has 2 unspecified atom stereocenters. The Balaban J connectivity index is 1.81. The molecule has 154 valence electrons. The molecule has 2 heterocycles. The van der Waals surface area contributed by atoms with Gasteiger partial charge in [-0.05, 0) is 37.5 Å². The Bertz CT molecular complexity index is 1250. The molecule has 2 atom stereocenters. The summed E-state index contributed by atoms with van der Waals surface area (Å²) >= 11 is 0. The lowest BCUT2D eigenvalue weighted by molar-refractivity contribution is -0.384. The Morgan fingerprint density at radius 3 is 2.70 bits per heavy atom. The van der Waals surface area contributed by atoms with E-state index in [4.69, 9.17) is 0 Å². The van der Waals surface area contributed by atoms with Gasteiger partial charge in [0.2, 0.25) is 0 Å². The lowest BCUT2D eigenvalue weighted by Crippen LogP contribution is -2.27. The third kappa shape index (κ3) is 3.48. The van der Waals surface area contributed by atoms with Crippen LogP contribution < -0.4 is 5.32 Å². The van der Waals surface area contributed by atoms with E-state index in [0.29, 0.717) is 11.8 Å². The summed E-state index contributed by atoms with van der Waals surface area (Å²) in [6, 6.07) is 11.6. The fraction of sp³-hybridized carbons (Fsp3) is 0.300. The molecule has 30 heavy (non-hydrogen) atoms. The summed E-state index contributed by atoms with van der Waals surface area (Å²) in [5.74, 6) is -0.101. The minimum Gasteiger partial charge on any atom is -0.376 e. The Morgan fingerprint density at radius 1 is 1.23 bits per heavy atom. The first-order chi connectivity index (χ1) is 14.4. The minimum absolute atomic E-state index is 0.0984. The molecule has 1 N–H and O–H groups in total. The predicted molar refractivity (Wildman–Crippen MR) is 110 cm³/mol. The molecule has 1 aliphatic carbocycles. The zero-order valence-electron chi connectivity index (χ0n) is 15.9. The Kier molecular flexibility index (Phi) is 5.13. The highest BCUT2D eigenvalue weighted by Gasteiger charge is 2.28. The van der Waals surface area contributed by atoms with Gasteiger partial charge in [-0.3, -0.25) is 10.1 Å². The number of hydrogen-bond acceptors (Lipinski definition) is 7. The zero-order valence-corrected chi connectivity index (χ0v) is 16.7. The maximum atomic E-state index is 13.0. The number of nitriles is 1. The second-order valence-electron chi connectivity index (χ2n) is 7.28. The normalized spacial score (nSPS) is 19.3. The summed E-state index contributed by atoms with van der Waals surface area (Å²) in [6.45, 7) is 0. The summed E-state index contributed by atoms with van der Waals surface area (Å²) in [4.78, 5) is 15.2. The summed E-state index contributed by atoms with van der Waals surface area (Å²) in [5.41, 5.74) is 0.117. The third-order valence-corrected chi connectivity index (χ3v) is 7.04. The van der Waals surface area contributed by atoms with Crippen molar-refractivity contribution in [2.75, 3.05) is 5.32 Å². The molecule has 0 radical (unpaired) electrons. The van der Waals surface area contributed by atoms with Crippen LogP contribution in [0.1, 0.15) is 25.7 Å². The van der Waals surface area contributed by atoms with E-state index in [0.717, 1.165) is 29.4 Å². The van der Waals surface area contributed by atoms with Gasteiger partial charge in [0.25, 0.3) is 10.0 Å². The summed E-state index contributed by atoms with van der Waals surface area (Å²) in [5, 5.41) is 24.4. The van der Waals surface area contributed by atoms with Crippen molar-refractivity contribution in [2.45, 2.75) is 36.6 Å². The van der Waals surface area contributed by atoms with Crippen LogP contribution in [0, 0.1) is 27.4 Å². The monoisotopic (exact) mass is 425 g/mol. The van der Waals surface area contributed by atoms with E-state index in [9.17, 15) is 23.8 Å². The fourth-order valence-corrected chi connectivity index (χ4v) is 5.21. The molecular formula is C20H19N5O4S. The van der Waals surface area contributed by atoms with Gasteiger partial charge in [0.15, 0.2) is 5.65 Å². The maximum Gasteiger partial charge on any atom is 0.311 e. The summed E-state index contributed by atoms with van der Waals surface area (Å²) < 4.78 is 27.1. The standard InChI is InChI=1S/C20H19N5O4S/c21-12-14-5-4-6-15(11-14)23-19-17-9-10-24(20(17)22-13-18(19)25(26)27)30(28,29)16-7-2-1-3-8-16/h1-3,7-10,13-15H,4-6,11H2,(H,22,23). The number of nitrogens with zero attached hydrogens (tertiary/aromatic N) is 4. The third-order valence-electron chi connectivity index (χ3n) is 5.36. The van der Waals surface area contributed by atoms with E-state index >= 15 is 0 Å². The zero-order chi connectivity index (χ0) is 21.3. The molecule has 1 aromatic carbocycles. The minimum atomic E-state index is -3.90. The quantitative estimate of drug-likeness (QED) is 0.487. The van der Waals surface area contributed by atoms with Crippen molar-refractivity contribution in [2.24, 2.45) is 5.92 Å². The first kappa shape index (κ1) is 19.8. The molecule has 4 rings (SSSR count). The first-order valence-electron chi connectivity index (χ1n) is 9.53. The largest absolute Gasteiger partial charge is 0.376 e. The van der Waals surface area contributed by atoms with Crippen molar-refractivity contribution in [3.05, 3.63) is 58.9 Å². The number of nitro groups is 1. The molecule has 0 bridgehead atoms. The van der Waals surface area contributed by atoms with Crippen molar-refractivity contribution >= 4 is 32.4 Å². The summed E-state index contributed by atoms with van der Waals surface area (Å²) in [6.07, 6.45) is 5.46. The highest BCUT2D eigenvalue weighted by Crippen LogP contribution is 2.36. The second kappa shape index (κ2) is 7.76.